The molecule has 2 aliphatic heterocycles. The van der Waals surface area contributed by atoms with Crippen molar-refractivity contribution in [3.63, 3.8) is 0 Å². The highest BCUT2D eigenvalue weighted by Gasteiger charge is 2.55. The fraction of sp³-hybridized carbons (Fsp3) is 0.500. The van der Waals surface area contributed by atoms with E-state index in [9.17, 15) is 0 Å². The van der Waals surface area contributed by atoms with Crippen LogP contribution in [0.2, 0.25) is 0 Å². The zero-order chi connectivity index (χ0) is 9.92. The van der Waals surface area contributed by atoms with E-state index in [4.69, 9.17) is 0 Å². The van der Waals surface area contributed by atoms with Crippen LogP contribution in [0.3, 0.4) is 0 Å². The van der Waals surface area contributed by atoms with Crippen LogP contribution in [0.1, 0.15) is 31.1 Å². The Morgan fingerprint density at radius 2 is 2.00 bits per heavy atom. The van der Waals surface area contributed by atoms with Gasteiger partial charge in [-0.1, -0.05) is 24.3 Å². The van der Waals surface area contributed by atoms with Crippen LogP contribution in [0.4, 0.5) is 0 Å². The zero-order valence-corrected chi connectivity index (χ0v) is 8.99. The molecule has 1 aromatic rings. The normalized spacial score (nSPS) is 37.2. The molecular weight excluding hydrogens is 172 g/mol. The van der Waals surface area contributed by atoms with Crippen LogP contribution < -0.4 is 0 Å². The van der Waals surface area contributed by atoms with Gasteiger partial charge in [0, 0.05) is 12.6 Å². The van der Waals surface area contributed by atoms with Crippen LogP contribution in [-0.4, -0.2) is 22.6 Å². The summed E-state index contributed by atoms with van der Waals surface area (Å²) < 4.78 is 0. The zero-order valence-electron chi connectivity index (χ0n) is 8.99. The molecule has 0 radical (unpaired) electrons. The lowest BCUT2D eigenvalue weighted by Crippen LogP contribution is -2.37. The highest BCUT2D eigenvalue weighted by atomic mass is 15.9. The monoisotopic (exact) mass is 188 g/mol. The molecule has 2 aliphatic rings. The van der Waals surface area contributed by atoms with Gasteiger partial charge in [-0.3, -0.25) is 0 Å². The van der Waals surface area contributed by atoms with Gasteiger partial charge in [0.1, 0.15) is 6.17 Å². The molecule has 1 saturated heterocycles. The van der Waals surface area contributed by atoms with Gasteiger partial charge in [0.2, 0.25) is 0 Å². The van der Waals surface area contributed by atoms with E-state index in [-0.39, 0.29) is 5.54 Å². The molecule has 0 spiro atoms. The largest absolute Gasteiger partial charge is 0.220 e. The molecule has 2 nitrogen and oxygen atoms in total. The van der Waals surface area contributed by atoms with Crippen LogP contribution in [-0.2, 0) is 6.42 Å². The summed E-state index contributed by atoms with van der Waals surface area (Å²) in [6.07, 6.45) is 1.69. The van der Waals surface area contributed by atoms with E-state index >= 15 is 0 Å². The average Bonchev–Trinajstić information content (AvgIpc) is 2.78. The fourth-order valence-corrected chi connectivity index (χ4v) is 2.84. The van der Waals surface area contributed by atoms with Crippen molar-refractivity contribution in [3.8, 4) is 0 Å². The molecule has 0 bridgehead atoms. The highest BCUT2D eigenvalue weighted by Crippen LogP contribution is 2.51. The molecular formula is C12H16N2. The lowest BCUT2D eigenvalue weighted by atomic mass is 9.88. The molecule has 2 heteroatoms. The molecule has 1 fully saturated rings. The molecule has 0 aromatic heterocycles. The van der Waals surface area contributed by atoms with Crippen molar-refractivity contribution in [1.82, 2.24) is 10.0 Å². The quantitative estimate of drug-likeness (QED) is 0.576. The first-order valence-electron chi connectivity index (χ1n) is 5.21. The molecule has 0 amide bonds. The summed E-state index contributed by atoms with van der Waals surface area (Å²) in [6, 6.07) is 8.81. The van der Waals surface area contributed by atoms with E-state index in [2.05, 4.69) is 55.2 Å². The minimum Gasteiger partial charge on any atom is -0.220 e. The van der Waals surface area contributed by atoms with Crippen molar-refractivity contribution in [2.75, 3.05) is 7.05 Å². The first-order valence-corrected chi connectivity index (χ1v) is 5.21. The third-order valence-electron chi connectivity index (χ3n) is 3.45. The van der Waals surface area contributed by atoms with Crippen LogP contribution in [0.5, 0.6) is 0 Å². The molecule has 0 aliphatic carbocycles. The van der Waals surface area contributed by atoms with Gasteiger partial charge in [-0.15, -0.1) is 0 Å². The summed E-state index contributed by atoms with van der Waals surface area (Å²) in [4.78, 5) is 0. The number of rotatable bonds is 0. The number of nitrogens with zero attached hydrogens (tertiary/aromatic N) is 2. The predicted octanol–water partition coefficient (Wildman–Crippen LogP) is 2.18. The third kappa shape index (κ3) is 0.928. The SMILES string of the molecule is CN1C2c3ccccc3CC(C)(C)N21. The van der Waals surface area contributed by atoms with Crippen LogP contribution in [0.25, 0.3) is 0 Å². The summed E-state index contributed by atoms with van der Waals surface area (Å²) >= 11 is 0. The van der Waals surface area contributed by atoms with Crippen molar-refractivity contribution in [3.05, 3.63) is 35.4 Å². The van der Waals surface area contributed by atoms with Gasteiger partial charge in [0.05, 0.1) is 0 Å². The Labute approximate surface area is 85.1 Å². The Morgan fingerprint density at radius 3 is 2.79 bits per heavy atom. The molecule has 0 N–H and O–H groups in total. The predicted molar refractivity (Wildman–Crippen MR) is 56.6 cm³/mol. The second-order valence-electron chi connectivity index (χ2n) is 4.98. The number of fused-ring (bicyclic) bond motifs is 3. The van der Waals surface area contributed by atoms with Gasteiger partial charge < -0.3 is 0 Å². The summed E-state index contributed by atoms with van der Waals surface area (Å²) in [5, 5.41) is 4.81. The maximum atomic E-state index is 2.47. The topological polar surface area (TPSA) is 6.02 Å². The van der Waals surface area contributed by atoms with E-state index in [0.717, 1.165) is 6.42 Å². The van der Waals surface area contributed by atoms with Crippen molar-refractivity contribution in [2.45, 2.75) is 32.0 Å². The summed E-state index contributed by atoms with van der Waals surface area (Å²) in [7, 11) is 2.18. The van der Waals surface area contributed by atoms with Gasteiger partial charge in [0.15, 0.2) is 0 Å². The maximum absolute atomic E-state index is 2.47. The van der Waals surface area contributed by atoms with Crippen molar-refractivity contribution < 1.29 is 0 Å². The standard InChI is InChI=1S/C12H16N2/c1-12(2)8-9-6-4-5-7-10(9)11-13(3)14(11)12/h4-7,11H,8H2,1-3H3. The van der Waals surface area contributed by atoms with Crippen LogP contribution in [0, 0.1) is 0 Å². The molecule has 3 atom stereocenters. The van der Waals surface area contributed by atoms with E-state index in [1.165, 1.54) is 11.1 Å². The minimum atomic E-state index is 0.285. The minimum absolute atomic E-state index is 0.285. The average molecular weight is 188 g/mol. The van der Waals surface area contributed by atoms with E-state index in [0.29, 0.717) is 6.17 Å². The van der Waals surface area contributed by atoms with Gasteiger partial charge >= 0.3 is 0 Å². The molecule has 2 heterocycles. The lowest BCUT2D eigenvalue weighted by Gasteiger charge is -2.30. The third-order valence-corrected chi connectivity index (χ3v) is 3.45. The van der Waals surface area contributed by atoms with Gasteiger partial charge in [-0.2, -0.15) is 0 Å². The Bertz CT molecular complexity index is 384. The second kappa shape index (κ2) is 2.38. The Balaban J connectivity index is 2.12. The smallest absolute Gasteiger partial charge is 0.115 e. The maximum Gasteiger partial charge on any atom is 0.115 e. The van der Waals surface area contributed by atoms with Crippen LogP contribution in [0.15, 0.2) is 24.3 Å². The number of hydrazine groups is 1. The summed E-state index contributed by atoms with van der Waals surface area (Å²) in [5.74, 6) is 0. The van der Waals surface area contributed by atoms with Crippen molar-refractivity contribution in [2.24, 2.45) is 0 Å². The Morgan fingerprint density at radius 1 is 1.29 bits per heavy atom. The Hall–Kier alpha value is -0.860. The molecule has 3 unspecified atom stereocenters. The first kappa shape index (κ1) is 8.45. The molecule has 3 rings (SSSR count). The molecule has 0 saturated carbocycles. The number of hydrogen-bond donors (Lipinski definition) is 0. The van der Waals surface area contributed by atoms with Crippen molar-refractivity contribution >= 4 is 0 Å². The van der Waals surface area contributed by atoms with Gasteiger partial charge in [-0.25, -0.2) is 10.0 Å². The summed E-state index contributed by atoms with van der Waals surface area (Å²) in [6.45, 7) is 4.64. The van der Waals surface area contributed by atoms with Crippen LogP contribution >= 0.6 is 0 Å². The van der Waals surface area contributed by atoms with E-state index in [1.54, 1.807) is 0 Å². The molecule has 14 heavy (non-hydrogen) atoms. The van der Waals surface area contributed by atoms with Gasteiger partial charge in [0.25, 0.3) is 0 Å². The highest BCUT2D eigenvalue weighted by molar-refractivity contribution is 5.37. The molecule has 1 aromatic carbocycles. The Kier molecular flexibility index (Phi) is 1.44. The van der Waals surface area contributed by atoms with Gasteiger partial charge in [-0.05, 0) is 31.4 Å². The molecule has 74 valence electrons. The second-order valence-corrected chi connectivity index (χ2v) is 4.98. The number of hydrogen-bond acceptors (Lipinski definition) is 2. The van der Waals surface area contributed by atoms with E-state index in [1.807, 2.05) is 0 Å². The summed E-state index contributed by atoms with van der Waals surface area (Å²) in [5.41, 5.74) is 3.30. The first-order chi connectivity index (χ1) is 6.61. The van der Waals surface area contributed by atoms with Crippen molar-refractivity contribution in [1.29, 1.82) is 0 Å². The fourth-order valence-electron chi connectivity index (χ4n) is 2.84. The number of benzene rings is 1. The lowest BCUT2D eigenvalue weighted by molar-refractivity contribution is 0.172. The van der Waals surface area contributed by atoms with E-state index < -0.39 is 0 Å².